The van der Waals surface area contributed by atoms with Gasteiger partial charge < -0.3 is 8.83 Å². The normalized spacial score (nSPS) is 10.7. The van der Waals surface area contributed by atoms with Crippen molar-refractivity contribution in [2.24, 2.45) is 0 Å². The number of non-ortho nitro benzene ring substituents is 2. The van der Waals surface area contributed by atoms with Gasteiger partial charge in [0.25, 0.3) is 11.4 Å². The van der Waals surface area contributed by atoms with Gasteiger partial charge in [0.1, 0.15) is 0 Å². The van der Waals surface area contributed by atoms with Crippen molar-refractivity contribution in [3.63, 3.8) is 0 Å². The number of rotatable bonds is 5. The van der Waals surface area contributed by atoms with Crippen molar-refractivity contribution in [3.05, 3.63) is 68.8 Å². The third-order valence-electron chi connectivity index (χ3n) is 3.64. The zero-order chi connectivity index (χ0) is 19.7. The number of benzene rings is 2. The SMILES string of the molecule is O=[N+]([O-])c1cccc(-c2nnc(-c3nnc(-c4cccc([N+](=O)[O-])c4)o3)o2)c1. The summed E-state index contributed by atoms with van der Waals surface area (Å²) in [4.78, 5) is 20.7. The van der Waals surface area contributed by atoms with Crippen LogP contribution in [0.2, 0.25) is 0 Å². The summed E-state index contributed by atoms with van der Waals surface area (Å²) in [5.41, 5.74) is 0.462. The fourth-order valence-corrected chi connectivity index (χ4v) is 2.36. The number of nitrogens with zero attached hydrogens (tertiary/aromatic N) is 6. The van der Waals surface area contributed by atoms with Crippen molar-refractivity contribution in [1.29, 1.82) is 0 Å². The number of hydrogen-bond donors (Lipinski definition) is 0. The fraction of sp³-hybridized carbons (Fsp3) is 0. The average Bonchev–Trinajstić information content (AvgIpc) is 3.38. The molecular weight excluding hydrogens is 372 g/mol. The summed E-state index contributed by atoms with van der Waals surface area (Å²) in [6.45, 7) is 0. The minimum Gasteiger partial charge on any atom is -0.412 e. The molecule has 0 atom stereocenters. The maximum absolute atomic E-state index is 10.9. The predicted octanol–water partition coefficient (Wildman–Crippen LogP) is 3.27. The van der Waals surface area contributed by atoms with Gasteiger partial charge in [-0.1, -0.05) is 12.1 Å². The number of aromatic nitrogens is 4. The lowest BCUT2D eigenvalue weighted by Crippen LogP contribution is -1.88. The molecule has 0 aliphatic rings. The van der Waals surface area contributed by atoms with E-state index in [0.717, 1.165) is 0 Å². The molecule has 0 fully saturated rings. The molecule has 0 aliphatic heterocycles. The van der Waals surface area contributed by atoms with Crippen LogP contribution in [0.3, 0.4) is 0 Å². The summed E-state index contributed by atoms with van der Waals surface area (Å²) >= 11 is 0. The van der Waals surface area contributed by atoms with E-state index >= 15 is 0 Å². The monoisotopic (exact) mass is 380 g/mol. The Kier molecular flexibility index (Phi) is 4.04. The first-order valence-corrected chi connectivity index (χ1v) is 7.68. The van der Waals surface area contributed by atoms with Crippen LogP contribution < -0.4 is 0 Å². The number of nitro groups is 2. The minimum absolute atomic E-state index is 0.0359. The van der Waals surface area contributed by atoms with E-state index in [1.54, 1.807) is 12.1 Å². The van der Waals surface area contributed by atoms with Gasteiger partial charge in [0, 0.05) is 35.4 Å². The first-order chi connectivity index (χ1) is 13.5. The Hall–Kier alpha value is -4.48. The van der Waals surface area contributed by atoms with Crippen LogP contribution in [-0.2, 0) is 0 Å². The van der Waals surface area contributed by atoms with Gasteiger partial charge in [0.05, 0.1) is 9.85 Å². The zero-order valence-corrected chi connectivity index (χ0v) is 13.8. The summed E-state index contributed by atoms with van der Waals surface area (Å²) in [5, 5.41) is 37.0. The van der Waals surface area contributed by atoms with E-state index < -0.39 is 9.85 Å². The van der Waals surface area contributed by atoms with Gasteiger partial charge in [0.15, 0.2) is 0 Å². The molecule has 28 heavy (non-hydrogen) atoms. The molecule has 0 N–H and O–H groups in total. The molecule has 0 saturated carbocycles. The van der Waals surface area contributed by atoms with Crippen LogP contribution in [0.25, 0.3) is 34.7 Å². The lowest BCUT2D eigenvalue weighted by atomic mass is 10.2. The average molecular weight is 380 g/mol. The molecule has 0 saturated heterocycles. The van der Waals surface area contributed by atoms with Crippen molar-refractivity contribution in [3.8, 4) is 34.7 Å². The summed E-state index contributed by atoms with van der Waals surface area (Å²) in [5.74, 6) is -0.112. The van der Waals surface area contributed by atoms with Gasteiger partial charge in [-0.3, -0.25) is 20.2 Å². The van der Waals surface area contributed by atoms with E-state index in [9.17, 15) is 20.2 Å². The molecule has 12 heteroatoms. The molecule has 4 aromatic rings. The van der Waals surface area contributed by atoms with Crippen LogP contribution >= 0.6 is 0 Å². The second-order valence-electron chi connectivity index (χ2n) is 5.44. The van der Waals surface area contributed by atoms with Crippen LogP contribution in [0.5, 0.6) is 0 Å². The second-order valence-corrected chi connectivity index (χ2v) is 5.44. The molecule has 0 spiro atoms. The standard InChI is InChI=1S/C16H8N6O6/c23-21(24)11-5-1-3-9(7-11)13-17-19-15(27-13)16-20-18-14(28-16)10-4-2-6-12(8-10)22(25)26/h1-8H. The Bertz CT molecular complexity index is 1110. The smallest absolute Gasteiger partial charge is 0.306 e. The first-order valence-electron chi connectivity index (χ1n) is 7.68. The van der Waals surface area contributed by atoms with Gasteiger partial charge >= 0.3 is 11.8 Å². The topological polar surface area (TPSA) is 164 Å². The summed E-state index contributed by atoms with van der Waals surface area (Å²) in [6, 6.07) is 11.4. The second kappa shape index (κ2) is 6.68. The van der Waals surface area contributed by atoms with Gasteiger partial charge in [-0.25, -0.2) is 0 Å². The Morgan fingerprint density at radius 1 is 0.643 bits per heavy atom. The third-order valence-corrected chi connectivity index (χ3v) is 3.64. The van der Waals surface area contributed by atoms with E-state index in [2.05, 4.69) is 20.4 Å². The van der Waals surface area contributed by atoms with Crippen LogP contribution in [0.1, 0.15) is 0 Å². The largest absolute Gasteiger partial charge is 0.412 e. The van der Waals surface area contributed by atoms with Crippen LogP contribution in [0.15, 0.2) is 57.4 Å². The Labute approximate surface area is 154 Å². The van der Waals surface area contributed by atoms with E-state index in [4.69, 9.17) is 8.83 Å². The molecule has 0 aliphatic carbocycles. The van der Waals surface area contributed by atoms with Gasteiger partial charge in [-0.2, -0.15) is 0 Å². The quantitative estimate of drug-likeness (QED) is 0.370. The van der Waals surface area contributed by atoms with E-state index in [-0.39, 0.29) is 34.9 Å². The van der Waals surface area contributed by atoms with Crippen molar-refractivity contribution in [1.82, 2.24) is 20.4 Å². The molecule has 138 valence electrons. The van der Waals surface area contributed by atoms with Crippen LogP contribution in [0, 0.1) is 20.2 Å². The Morgan fingerprint density at radius 3 is 1.43 bits per heavy atom. The van der Waals surface area contributed by atoms with Crippen molar-refractivity contribution in [2.45, 2.75) is 0 Å². The lowest BCUT2D eigenvalue weighted by molar-refractivity contribution is -0.385. The maximum Gasteiger partial charge on any atom is 0.306 e. The van der Waals surface area contributed by atoms with Gasteiger partial charge in [0.2, 0.25) is 11.8 Å². The molecule has 2 heterocycles. The Morgan fingerprint density at radius 2 is 1.04 bits per heavy atom. The van der Waals surface area contributed by atoms with E-state index in [0.29, 0.717) is 11.1 Å². The van der Waals surface area contributed by atoms with Crippen molar-refractivity contribution in [2.75, 3.05) is 0 Å². The van der Waals surface area contributed by atoms with Crippen molar-refractivity contribution < 1.29 is 18.7 Å². The fourth-order valence-electron chi connectivity index (χ4n) is 2.36. The highest BCUT2D eigenvalue weighted by molar-refractivity contribution is 5.60. The third kappa shape index (κ3) is 3.16. The summed E-state index contributed by atoms with van der Waals surface area (Å²) in [7, 11) is 0. The summed E-state index contributed by atoms with van der Waals surface area (Å²) < 4.78 is 10.9. The maximum atomic E-state index is 10.9. The van der Waals surface area contributed by atoms with Crippen LogP contribution in [0.4, 0.5) is 11.4 Å². The van der Waals surface area contributed by atoms with Crippen LogP contribution in [-0.4, -0.2) is 30.2 Å². The minimum atomic E-state index is -0.538. The highest BCUT2D eigenvalue weighted by Crippen LogP contribution is 2.28. The van der Waals surface area contributed by atoms with E-state index in [1.807, 2.05) is 0 Å². The highest BCUT2D eigenvalue weighted by atomic mass is 16.6. The number of hydrogen-bond acceptors (Lipinski definition) is 10. The zero-order valence-electron chi connectivity index (χ0n) is 13.8. The molecule has 0 amide bonds. The predicted molar refractivity (Wildman–Crippen MR) is 91.8 cm³/mol. The van der Waals surface area contributed by atoms with Gasteiger partial charge in [-0.15, -0.1) is 20.4 Å². The van der Waals surface area contributed by atoms with Gasteiger partial charge in [-0.05, 0) is 12.1 Å². The van der Waals surface area contributed by atoms with E-state index in [1.165, 1.54) is 36.4 Å². The Balaban J connectivity index is 1.64. The molecule has 0 bridgehead atoms. The molecule has 0 radical (unpaired) electrons. The first kappa shape index (κ1) is 17.0. The highest BCUT2D eigenvalue weighted by Gasteiger charge is 2.19. The molecule has 0 unspecified atom stereocenters. The summed E-state index contributed by atoms with van der Waals surface area (Å²) in [6.07, 6.45) is 0. The molecule has 12 nitrogen and oxygen atoms in total. The molecule has 2 aromatic carbocycles. The lowest BCUT2D eigenvalue weighted by Gasteiger charge is -1.95. The number of nitro benzene ring substituents is 2. The molecule has 4 rings (SSSR count). The molecule has 2 aromatic heterocycles. The van der Waals surface area contributed by atoms with Crippen molar-refractivity contribution >= 4 is 11.4 Å². The molecular formula is C16H8N6O6.